The van der Waals surface area contributed by atoms with E-state index in [0.29, 0.717) is 22.3 Å². The van der Waals surface area contributed by atoms with E-state index in [1.54, 1.807) is 6.07 Å². The van der Waals surface area contributed by atoms with Crippen LogP contribution in [0.5, 0.6) is 0 Å². The summed E-state index contributed by atoms with van der Waals surface area (Å²) in [6.07, 6.45) is 0. The molecule has 0 bridgehead atoms. The van der Waals surface area contributed by atoms with Crippen LogP contribution in [0.15, 0.2) is 34.8 Å². The van der Waals surface area contributed by atoms with Crippen LogP contribution in [0.1, 0.15) is 0 Å². The summed E-state index contributed by atoms with van der Waals surface area (Å²) in [6.45, 7) is 0. The smallest absolute Gasteiger partial charge is 0.180 e. The molecular weight excluding hydrogens is 316 g/mol. The van der Waals surface area contributed by atoms with Crippen LogP contribution in [0.2, 0.25) is 5.02 Å². The fraction of sp³-hybridized carbons (Fsp3) is 0. The number of hydrogen-bond donors (Lipinski definition) is 2. The van der Waals surface area contributed by atoms with E-state index < -0.39 is 0 Å². The van der Waals surface area contributed by atoms with Gasteiger partial charge >= 0.3 is 0 Å². The summed E-state index contributed by atoms with van der Waals surface area (Å²) >= 11 is 9.42. The Morgan fingerprint density at radius 3 is 2.78 bits per heavy atom. The minimum absolute atomic E-state index is 0.452. The number of nitrogens with two attached hydrogens (primary N) is 1. The van der Waals surface area contributed by atoms with Crippen molar-refractivity contribution in [3.63, 3.8) is 0 Å². The van der Waals surface area contributed by atoms with Gasteiger partial charge in [0.15, 0.2) is 5.65 Å². The Morgan fingerprint density at radius 2 is 2.00 bits per heavy atom. The van der Waals surface area contributed by atoms with Gasteiger partial charge in [-0.25, -0.2) is 9.97 Å². The zero-order valence-electron chi connectivity index (χ0n) is 9.11. The molecule has 0 fully saturated rings. The minimum Gasteiger partial charge on any atom is -0.384 e. The highest BCUT2D eigenvalue weighted by molar-refractivity contribution is 9.10. The van der Waals surface area contributed by atoms with Gasteiger partial charge in [-0.1, -0.05) is 27.5 Å². The Labute approximate surface area is 116 Å². The Bertz CT molecular complexity index is 718. The molecule has 0 aliphatic carbocycles. The van der Waals surface area contributed by atoms with Gasteiger partial charge in [0.05, 0.1) is 5.52 Å². The van der Waals surface area contributed by atoms with Crippen molar-refractivity contribution in [2.45, 2.75) is 0 Å². The van der Waals surface area contributed by atoms with Crippen LogP contribution in [-0.2, 0) is 0 Å². The first-order chi connectivity index (χ1) is 8.61. The molecule has 0 radical (unpaired) electrons. The molecule has 2 heterocycles. The van der Waals surface area contributed by atoms with E-state index >= 15 is 0 Å². The number of nitrogens with zero attached hydrogens (tertiary/aromatic N) is 2. The number of halogens is 2. The molecule has 0 unspecified atom stereocenters. The number of nitrogens with one attached hydrogen (secondary N) is 1. The number of fused-ring (bicyclic) bond motifs is 1. The maximum Gasteiger partial charge on any atom is 0.180 e. The van der Waals surface area contributed by atoms with Gasteiger partial charge in [-0.3, -0.25) is 0 Å². The van der Waals surface area contributed by atoms with Crippen molar-refractivity contribution in [3.05, 3.63) is 39.8 Å². The van der Waals surface area contributed by atoms with Crippen LogP contribution in [-0.4, -0.2) is 15.0 Å². The molecule has 0 saturated carbocycles. The van der Waals surface area contributed by atoms with Crippen molar-refractivity contribution >= 4 is 44.5 Å². The highest BCUT2D eigenvalue weighted by Crippen LogP contribution is 2.27. The van der Waals surface area contributed by atoms with E-state index in [4.69, 9.17) is 17.3 Å². The normalized spacial score (nSPS) is 11.0. The van der Waals surface area contributed by atoms with Gasteiger partial charge in [-0.15, -0.1) is 0 Å². The summed E-state index contributed by atoms with van der Waals surface area (Å²) in [7, 11) is 0. The molecule has 6 heteroatoms. The number of H-pyrrole nitrogens is 1. The molecule has 0 atom stereocenters. The van der Waals surface area contributed by atoms with Gasteiger partial charge < -0.3 is 10.7 Å². The van der Waals surface area contributed by atoms with E-state index in [0.717, 1.165) is 15.6 Å². The number of aromatic nitrogens is 3. The van der Waals surface area contributed by atoms with Crippen molar-refractivity contribution in [2.24, 2.45) is 0 Å². The number of aromatic amines is 1. The summed E-state index contributed by atoms with van der Waals surface area (Å²) < 4.78 is 0.901. The molecule has 0 saturated heterocycles. The maximum atomic E-state index is 6.02. The molecular formula is C12H8BrClN4. The summed E-state index contributed by atoms with van der Waals surface area (Å²) in [5.74, 6) is 1.17. The number of pyridine rings is 1. The molecule has 0 spiro atoms. The average molecular weight is 324 g/mol. The van der Waals surface area contributed by atoms with Gasteiger partial charge in [-0.2, -0.15) is 0 Å². The van der Waals surface area contributed by atoms with Crippen LogP contribution in [0.4, 0.5) is 5.82 Å². The predicted molar refractivity (Wildman–Crippen MR) is 76.4 cm³/mol. The Balaban J connectivity index is 2.19. The molecule has 3 N–H and O–H groups in total. The molecule has 4 nitrogen and oxygen atoms in total. The number of hydrogen-bond acceptors (Lipinski definition) is 3. The van der Waals surface area contributed by atoms with Crippen molar-refractivity contribution in [2.75, 3.05) is 5.73 Å². The topological polar surface area (TPSA) is 67.6 Å². The monoisotopic (exact) mass is 322 g/mol. The number of rotatable bonds is 1. The van der Waals surface area contributed by atoms with Crippen LogP contribution < -0.4 is 5.73 Å². The molecule has 1 aromatic carbocycles. The van der Waals surface area contributed by atoms with Gasteiger partial charge in [0, 0.05) is 15.1 Å². The van der Waals surface area contributed by atoms with Gasteiger partial charge in [0.25, 0.3) is 0 Å². The molecule has 18 heavy (non-hydrogen) atoms. The Morgan fingerprint density at radius 1 is 1.17 bits per heavy atom. The first kappa shape index (κ1) is 11.5. The van der Waals surface area contributed by atoms with Gasteiger partial charge in [-0.05, 0) is 30.3 Å². The average Bonchev–Trinajstić information content (AvgIpc) is 2.70. The summed E-state index contributed by atoms with van der Waals surface area (Å²) in [4.78, 5) is 11.7. The molecule has 0 aliphatic rings. The zero-order chi connectivity index (χ0) is 12.7. The fourth-order valence-electron chi connectivity index (χ4n) is 1.73. The lowest BCUT2D eigenvalue weighted by molar-refractivity contribution is 1.30. The van der Waals surface area contributed by atoms with Crippen LogP contribution in [0.25, 0.3) is 22.6 Å². The summed E-state index contributed by atoms with van der Waals surface area (Å²) in [5.41, 5.74) is 7.96. The number of anilines is 1. The predicted octanol–water partition coefficient (Wildman–Crippen LogP) is 3.62. The number of nitrogen functional groups attached to an aromatic ring is 1. The largest absolute Gasteiger partial charge is 0.384 e. The van der Waals surface area contributed by atoms with Crippen molar-refractivity contribution in [3.8, 4) is 11.4 Å². The Hall–Kier alpha value is -1.59. The van der Waals surface area contributed by atoms with Crippen LogP contribution >= 0.6 is 27.5 Å². The lowest BCUT2D eigenvalue weighted by atomic mass is 10.2. The third-order valence-corrected chi connectivity index (χ3v) is 3.18. The van der Waals surface area contributed by atoms with Crippen molar-refractivity contribution in [1.82, 2.24) is 15.0 Å². The second-order valence-electron chi connectivity index (χ2n) is 3.85. The molecule has 2 aromatic heterocycles. The first-order valence-electron chi connectivity index (χ1n) is 5.20. The lowest BCUT2D eigenvalue weighted by Crippen LogP contribution is -1.88. The van der Waals surface area contributed by atoms with Crippen molar-refractivity contribution < 1.29 is 0 Å². The van der Waals surface area contributed by atoms with E-state index in [2.05, 4.69) is 30.9 Å². The second kappa shape index (κ2) is 4.26. The molecule has 0 amide bonds. The number of imidazole rings is 1. The standard InChI is InChI=1S/C12H8BrClN4/c13-7-3-6(4-8(14)5-7)11-16-9-1-2-10(15)17-12(9)18-11/h1-5H,(H3,15,16,17,18). The van der Waals surface area contributed by atoms with E-state index in [1.165, 1.54) is 0 Å². The van der Waals surface area contributed by atoms with E-state index in [9.17, 15) is 0 Å². The van der Waals surface area contributed by atoms with Crippen molar-refractivity contribution in [1.29, 1.82) is 0 Å². The quantitative estimate of drug-likeness (QED) is 0.718. The van der Waals surface area contributed by atoms with E-state index in [1.807, 2.05) is 24.3 Å². The van der Waals surface area contributed by atoms with Crippen LogP contribution in [0.3, 0.4) is 0 Å². The fourth-order valence-corrected chi connectivity index (χ4v) is 2.59. The first-order valence-corrected chi connectivity index (χ1v) is 6.37. The van der Waals surface area contributed by atoms with Gasteiger partial charge in [0.2, 0.25) is 0 Å². The molecule has 3 rings (SSSR count). The minimum atomic E-state index is 0.452. The molecule has 90 valence electrons. The third-order valence-electron chi connectivity index (χ3n) is 2.50. The zero-order valence-corrected chi connectivity index (χ0v) is 11.5. The number of benzene rings is 1. The summed E-state index contributed by atoms with van der Waals surface area (Å²) in [6, 6.07) is 9.19. The highest BCUT2D eigenvalue weighted by Gasteiger charge is 2.08. The Kier molecular flexibility index (Phi) is 2.72. The molecule has 3 aromatic rings. The van der Waals surface area contributed by atoms with Gasteiger partial charge in [0.1, 0.15) is 11.6 Å². The third kappa shape index (κ3) is 2.07. The van der Waals surface area contributed by atoms with Crippen LogP contribution in [0, 0.1) is 0 Å². The second-order valence-corrected chi connectivity index (χ2v) is 5.20. The highest BCUT2D eigenvalue weighted by atomic mass is 79.9. The van der Waals surface area contributed by atoms with E-state index in [-0.39, 0.29) is 0 Å². The summed E-state index contributed by atoms with van der Waals surface area (Å²) in [5, 5.41) is 0.646. The molecule has 0 aliphatic heterocycles. The SMILES string of the molecule is Nc1ccc2[nH]c(-c3cc(Cl)cc(Br)c3)nc2n1. The maximum absolute atomic E-state index is 6.02. The lowest BCUT2D eigenvalue weighted by Gasteiger charge is -1.99.